The van der Waals surface area contributed by atoms with Gasteiger partial charge in [-0.1, -0.05) is 6.07 Å². The molecule has 0 bridgehead atoms. The lowest BCUT2D eigenvalue weighted by molar-refractivity contribution is 0.0698. The molecule has 1 aromatic heterocycles. The van der Waals surface area contributed by atoms with E-state index in [1.165, 1.54) is 6.07 Å². The average Bonchev–Trinajstić information content (AvgIpc) is 2.41. The van der Waals surface area contributed by atoms with Gasteiger partial charge in [0.1, 0.15) is 0 Å². The van der Waals surface area contributed by atoms with Gasteiger partial charge in [0.15, 0.2) is 0 Å². The second-order valence-corrected chi connectivity index (χ2v) is 4.26. The highest BCUT2D eigenvalue weighted by Gasteiger charge is 2.10. The van der Waals surface area contributed by atoms with Crippen LogP contribution in [-0.4, -0.2) is 16.1 Å². The number of benzene rings is 1. The summed E-state index contributed by atoms with van der Waals surface area (Å²) in [5.41, 5.74) is 7.71. The van der Waals surface area contributed by atoms with Crippen LogP contribution >= 0.6 is 0 Å². The molecule has 19 heavy (non-hydrogen) atoms. The van der Waals surface area contributed by atoms with Gasteiger partial charge in [0.2, 0.25) is 0 Å². The Bertz CT molecular complexity index is 584. The molecule has 2 aromatic rings. The third-order valence-electron chi connectivity index (χ3n) is 2.85. The Hall–Kier alpha value is -2.56. The van der Waals surface area contributed by atoms with Gasteiger partial charge in [-0.15, -0.1) is 0 Å². The topological polar surface area (TPSA) is 88.2 Å². The Morgan fingerprint density at radius 3 is 2.84 bits per heavy atom. The van der Waals surface area contributed by atoms with Crippen LogP contribution in [0.4, 0.5) is 11.4 Å². The minimum absolute atomic E-state index is 0.0268. The van der Waals surface area contributed by atoms with E-state index in [0.717, 1.165) is 5.56 Å². The smallest absolute Gasteiger partial charge is 0.337 e. The summed E-state index contributed by atoms with van der Waals surface area (Å²) in [6, 6.07) is 8.72. The number of nitrogens with two attached hydrogens (primary N) is 1. The number of rotatable bonds is 4. The Morgan fingerprint density at radius 1 is 1.42 bits per heavy atom. The van der Waals surface area contributed by atoms with Crippen LogP contribution < -0.4 is 11.1 Å². The van der Waals surface area contributed by atoms with Crippen LogP contribution in [-0.2, 0) is 0 Å². The monoisotopic (exact) mass is 257 g/mol. The SMILES string of the molecule is CC(Nc1ccc(N)c(C(=O)O)c1)c1cccnc1. The van der Waals surface area contributed by atoms with Crippen molar-refractivity contribution in [2.45, 2.75) is 13.0 Å². The normalized spacial score (nSPS) is 11.8. The summed E-state index contributed by atoms with van der Waals surface area (Å²) in [6.07, 6.45) is 3.48. The van der Waals surface area contributed by atoms with E-state index in [4.69, 9.17) is 10.8 Å². The summed E-state index contributed by atoms with van der Waals surface area (Å²) in [5.74, 6) is -1.03. The lowest BCUT2D eigenvalue weighted by Gasteiger charge is -2.16. The number of nitrogen functional groups attached to an aromatic ring is 1. The van der Waals surface area contributed by atoms with Crippen molar-refractivity contribution >= 4 is 17.3 Å². The number of pyridine rings is 1. The van der Waals surface area contributed by atoms with Gasteiger partial charge in [0.05, 0.1) is 11.6 Å². The minimum Gasteiger partial charge on any atom is -0.478 e. The van der Waals surface area contributed by atoms with E-state index in [2.05, 4.69) is 10.3 Å². The molecule has 5 heteroatoms. The van der Waals surface area contributed by atoms with Crippen LogP contribution in [0.25, 0.3) is 0 Å². The van der Waals surface area contributed by atoms with Crippen molar-refractivity contribution in [2.24, 2.45) is 0 Å². The lowest BCUT2D eigenvalue weighted by atomic mass is 10.1. The fourth-order valence-corrected chi connectivity index (χ4v) is 1.80. The molecule has 0 amide bonds. The molecule has 98 valence electrons. The molecule has 0 saturated heterocycles. The van der Waals surface area contributed by atoms with Crippen molar-refractivity contribution in [1.29, 1.82) is 0 Å². The van der Waals surface area contributed by atoms with Gasteiger partial charge < -0.3 is 16.2 Å². The number of carbonyl (C=O) groups is 1. The third-order valence-corrected chi connectivity index (χ3v) is 2.85. The van der Waals surface area contributed by atoms with E-state index in [1.54, 1.807) is 24.5 Å². The van der Waals surface area contributed by atoms with Crippen molar-refractivity contribution in [2.75, 3.05) is 11.1 Å². The van der Waals surface area contributed by atoms with Crippen LogP contribution in [0.2, 0.25) is 0 Å². The number of hydrogen-bond acceptors (Lipinski definition) is 4. The zero-order chi connectivity index (χ0) is 13.8. The van der Waals surface area contributed by atoms with Gasteiger partial charge in [-0.2, -0.15) is 0 Å². The highest BCUT2D eigenvalue weighted by molar-refractivity contribution is 5.94. The summed E-state index contributed by atoms with van der Waals surface area (Å²) >= 11 is 0. The molecule has 0 spiro atoms. The second-order valence-electron chi connectivity index (χ2n) is 4.26. The molecule has 0 aliphatic heterocycles. The first-order chi connectivity index (χ1) is 9.08. The molecular formula is C14H15N3O2. The molecule has 0 saturated carbocycles. The Balaban J connectivity index is 2.20. The van der Waals surface area contributed by atoms with Crippen LogP contribution in [0.3, 0.4) is 0 Å². The summed E-state index contributed by atoms with van der Waals surface area (Å²) in [6.45, 7) is 1.98. The highest BCUT2D eigenvalue weighted by Crippen LogP contribution is 2.22. The molecule has 2 rings (SSSR count). The van der Waals surface area contributed by atoms with Gasteiger partial charge in [-0.3, -0.25) is 4.98 Å². The van der Waals surface area contributed by atoms with Crippen LogP contribution in [0, 0.1) is 0 Å². The molecule has 1 unspecified atom stereocenters. The number of nitrogens with one attached hydrogen (secondary N) is 1. The predicted molar refractivity (Wildman–Crippen MR) is 74.1 cm³/mol. The van der Waals surface area contributed by atoms with Gasteiger partial charge in [-0.25, -0.2) is 4.79 Å². The quantitative estimate of drug-likeness (QED) is 0.732. The number of anilines is 2. The molecule has 0 fully saturated rings. The maximum atomic E-state index is 11.0. The van der Waals surface area contributed by atoms with E-state index in [0.29, 0.717) is 5.69 Å². The van der Waals surface area contributed by atoms with E-state index >= 15 is 0 Å². The maximum absolute atomic E-state index is 11.0. The fraction of sp³-hybridized carbons (Fsp3) is 0.143. The lowest BCUT2D eigenvalue weighted by Crippen LogP contribution is -2.09. The van der Waals surface area contributed by atoms with Crippen molar-refractivity contribution < 1.29 is 9.90 Å². The second kappa shape index (κ2) is 5.39. The standard InChI is InChI=1S/C14H15N3O2/c1-9(10-3-2-6-16-8-10)17-11-4-5-13(15)12(7-11)14(18)19/h2-9,17H,15H2,1H3,(H,18,19). The van der Waals surface area contributed by atoms with Crippen molar-refractivity contribution in [3.63, 3.8) is 0 Å². The number of hydrogen-bond donors (Lipinski definition) is 3. The minimum atomic E-state index is -1.03. The van der Waals surface area contributed by atoms with Crippen LogP contribution in [0.1, 0.15) is 28.9 Å². The Kier molecular flexibility index (Phi) is 3.66. The third kappa shape index (κ3) is 3.01. The molecule has 0 radical (unpaired) electrons. The number of nitrogens with zero attached hydrogens (tertiary/aromatic N) is 1. The first kappa shape index (κ1) is 12.9. The van der Waals surface area contributed by atoms with Crippen molar-refractivity contribution in [3.05, 3.63) is 53.9 Å². The zero-order valence-electron chi connectivity index (χ0n) is 10.5. The maximum Gasteiger partial charge on any atom is 0.337 e. The van der Waals surface area contributed by atoms with Gasteiger partial charge in [0, 0.05) is 23.8 Å². The molecule has 0 aliphatic rings. The van der Waals surface area contributed by atoms with E-state index in [1.807, 2.05) is 19.1 Å². The summed E-state index contributed by atoms with van der Waals surface area (Å²) in [4.78, 5) is 15.1. The van der Waals surface area contributed by atoms with Gasteiger partial charge in [0.25, 0.3) is 0 Å². The number of aromatic nitrogens is 1. The first-order valence-electron chi connectivity index (χ1n) is 5.87. The number of carboxylic acids is 1. The summed E-state index contributed by atoms with van der Waals surface area (Å²) in [5, 5.41) is 12.2. The Labute approximate surface area is 111 Å². The molecule has 1 heterocycles. The number of carboxylic acid groups (broad SMARTS) is 1. The fourth-order valence-electron chi connectivity index (χ4n) is 1.80. The summed E-state index contributed by atoms with van der Waals surface area (Å²) in [7, 11) is 0. The van der Waals surface area contributed by atoms with Gasteiger partial charge in [-0.05, 0) is 36.8 Å². The molecule has 1 aromatic carbocycles. The molecule has 5 nitrogen and oxygen atoms in total. The largest absolute Gasteiger partial charge is 0.478 e. The molecular weight excluding hydrogens is 242 g/mol. The molecule has 0 aliphatic carbocycles. The van der Waals surface area contributed by atoms with Crippen molar-refractivity contribution in [3.8, 4) is 0 Å². The molecule has 1 atom stereocenters. The summed E-state index contributed by atoms with van der Waals surface area (Å²) < 4.78 is 0. The van der Waals surface area contributed by atoms with Gasteiger partial charge >= 0.3 is 5.97 Å². The first-order valence-corrected chi connectivity index (χ1v) is 5.87. The van der Waals surface area contributed by atoms with Crippen LogP contribution in [0.5, 0.6) is 0 Å². The predicted octanol–water partition coefficient (Wildman–Crippen LogP) is 2.54. The Morgan fingerprint density at radius 2 is 2.21 bits per heavy atom. The number of aromatic carboxylic acids is 1. The van der Waals surface area contributed by atoms with E-state index in [9.17, 15) is 4.79 Å². The molecule has 4 N–H and O–H groups in total. The highest BCUT2D eigenvalue weighted by atomic mass is 16.4. The van der Waals surface area contributed by atoms with E-state index in [-0.39, 0.29) is 17.3 Å². The average molecular weight is 257 g/mol. The van der Waals surface area contributed by atoms with Crippen molar-refractivity contribution in [1.82, 2.24) is 4.98 Å². The van der Waals surface area contributed by atoms with E-state index < -0.39 is 5.97 Å². The zero-order valence-corrected chi connectivity index (χ0v) is 10.5. The van der Waals surface area contributed by atoms with Crippen LogP contribution in [0.15, 0.2) is 42.7 Å².